The van der Waals surface area contributed by atoms with Crippen molar-refractivity contribution in [3.8, 4) is 11.3 Å². The molecular weight excluding hydrogens is 342 g/mol. The van der Waals surface area contributed by atoms with Crippen LogP contribution < -0.4 is 0 Å². The summed E-state index contributed by atoms with van der Waals surface area (Å²) in [6.07, 6.45) is 3.17. The van der Waals surface area contributed by atoms with E-state index in [1.807, 2.05) is 60.7 Å². The number of cyclic esters (lactones) is 1. The smallest absolute Gasteiger partial charge is 0.363 e. The van der Waals surface area contributed by atoms with Gasteiger partial charge in [0.25, 0.3) is 0 Å². The lowest BCUT2D eigenvalue weighted by molar-refractivity contribution is -0.129. The molecule has 0 N–H and O–H groups in total. The molecule has 0 saturated carbocycles. The van der Waals surface area contributed by atoms with Gasteiger partial charge in [0, 0.05) is 29.8 Å². The van der Waals surface area contributed by atoms with Crippen LogP contribution in [0.25, 0.3) is 17.3 Å². The molecule has 2 aromatic carbocycles. The van der Waals surface area contributed by atoms with Crippen molar-refractivity contribution in [3.63, 3.8) is 0 Å². The first-order valence-electron chi connectivity index (χ1n) is 8.36. The molecule has 0 atom stereocenters. The largest absolute Gasteiger partial charge is 0.402 e. The highest BCUT2D eigenvalue weighted by Gasteiger charge is 2.25. The molecule has 0 unspecified atom stereocenters. The molecule has 0 spiro atoms. The van der Waals surface area contributed by atoms with Crippen molar-refractivity contribution in [2.45, 2.75) is 6.92 Å². The van der Waals surface area contributed by atoms with Crippen LogP contribution in [0.4, 0.5) is 0 Å². The summed E-state index contributed by atoms with van der Waals surface area (Å²) in [5, 5.41) is 4.35. The predicted octanol–water partition coefficient (Wildman–Crippen LogP) is 3.55. The Hall–Kier alpha value is -3.80. The minimum atomic E-state index is -0.538. The van der Waals surface area contributed by atoms with Gasteiger partial charge in [-0.1, -0.05) is 48.5 Å². The summed E-state index contributed by atoms with van der Waals surface area (Å²) in [4.78, 5) is 28.3. The standard InChI is InChI=1S/C21H15N3O3/c1-14(25)24-13-17(19(23-24)15-8-4-2-5-9-15)12-18-21(26)27-20(22-18)16-10-6-3-7-11-16/h2-13H,1H3/b18-12-. The van der Waals surface area contributed by atoms with Gasteiger partial charge in [-0.15, -0.1) is 0 Å². The van der Waals surface area contributed by atoms with Gasteiger partial charge in [0.1, 0.15) is 5.69 Å². The van der Waals surface area contributed by atoms with Gasteiger partial charge >= 0.3 is 5.97 Å². The number of hydrogen-bond acceptors (Lipinski definition) is 5. The highest BCUT2D eigenvalue weighted by atomic mass is 16.6. The summed E-state index contributed by atoms with van der Waals surface area (Å²) in [5.41, 5.74) is 2.92. The number of benzene rings is 2. The molecule has 6 heteroatoms. The van der Waals surface area contributed by atoms with Crippen LogP contribution in [0.2, 0.25) is 0 Å². The molecule has 3 aromatic rings. The highest BCUT2D eigenvalue weighted by Crippen LogP contribution is 2.26. The van der Waals surface area contributed by atoms with Crippen LogP contribution in [0.3, 0.4) is 0 Å². The summed E-state index contributed by atoms with van der Waals surface area (Å²) in [6, 6.07) is 18.6. The number of aliphatic imine (C=N–C) groups is 1. The Morgan fingerprint density at radius 2 is 1.63 bits per heavy atom. The van der Waals surface area contributed by atoms with Crippen LogP contribution in [0.5, 0.6) is 0 Å². The molecule has 27 heavy (non-hydrogen) atoms. The maximum absolute atomic E-state index is 12.3. The van der Waals surface area contributed by atoms with E-state index in [0.29, 0.717) is 11.3 Å². The zero-order valence-electron chi connectivity index (χ0n) is 14.5. The molecule has 0 aliphatic carbocycles. The highest BCUT2D eigenvalue weighted by molar-refractivity contribution is 6.13. The van der Waals surface area contributed by atoms with E-state index < -0.39 is 5.97 Å². The Kier molecular flexibility index (Phi) is 4.22. The van der Waals surface area contributed by atoms with Crippen molar-refractivity contribution >= 4 is 23.9 Å². The van der Waals surface area contributed by atoms with Gasteiger partial charge in [-0.3, -0.25) is 4.79 Å². The normalized spacial score (nSPS) is 14.9. The van der Waals surface area contributed by atoms with Gasteiger partial charge in [-0.2, -0.15) is 5.10 Å². The maximum atomic E-state index is 12.3. The lowest BCUT2D eigenvalue weighted by Gasteiger charge is -1.98. The third-order valence-corrected chi connectivity index (χ3v) is 4.05. The molecular formula is C21H15N3O3. The maximum Gasteiger partial charge on any atom is 0.363 e. The van der Waals surface area contributed by atoms with Gasteiger partial charge in [-0.25, -0.2) is 14.5 Å². The van der Waals surface area contributed by atoms with Gasteiger partial charge in [0.2, 0.25) is 11.8 Å². The Labute approximate surface area is 155 Å². The fourth-order valence-electron chi connectivity index (χ4n) is 2.74. The predicted molar refractivity (Wildman–Crippen MR) is 101 cm³/mol. The molecule has 6 nitrogen and oxygen atoms in total. The molecule has 132 valence electrons. The second-order valence-electron chi connectivity index (χ2n) is 5.96. The quantitative estimate of drug-likeness (QED) is 0.531. The molecule has 2 heterocycles. The molecule has 0 saturated heterocycles. The average Bonchev–Trinajstić information content (AvgIpc) is 3.28. The second kappa shape index (κ2) is 6.84. The molecule has 1 aliphatic rings. The number of carbonyl (C=O) groups is 2. The SMILES string of the molecule is CC(=O)n1cc(/C=C2\N=C(c3ccccc3)OC2=O)c(-c2ccccc2)n1. The minimum absolute atomic E-state index is 0.161. The molecule has 0 bridgehead atoms. The lowest BCUT2D eigenvalue weighted by atomic mass is 10.1. The number of rotatable bonds is 3. The van der Waals surface area contributed by atoms with Gasteiger partial charge < -0.3 is 4.74 Å². The number of nitrogens with zero attached hydrogens (tertiary/aromatic N) is 3. The van der Waals surface area contributed by atoms with E-state index in [2.05, 4.69) is 10.1 Å². The first-order chi connectivity index (χ1) is 13.1. The fraction of sp³-hybridized carbons (Fsp3) is 0.0476. The average molecular weight is 357 g/mol. The van der Waals surface area contributed by atoms with E-state index in [1.54, 1.807) is 12.3 Å². The zero-order valence-corrected chi connectivity index (χ0v) is 14.5. The second-order valence-corrected chi connectivity index (χ2v) is 5.96. The number of esters is 1. The lowest BCUT2D eigenvalue weighted by Crippen LogP contribution is -2.05. The van der Waals surface area contributed by atoms with Gasteiger partial charge in [0.15, 0.2) is 5.70 Å². The zero-order chi connectivity index (χ0) is 18.8. The summed E-state index contributed by atoms with van der Waals surface area (Å²) in [5.74, 6) is -0.505. The molecule has 0 amide bonds. The topological polar surface area (TPSA) is 73.6 Å². The summed E-state index contributed by atoms with van der Waals surface area (Å²) in [6.45, 7) is 1.42. The van der Waals surface area contributed by atoms with E-state index in [9.17, 15) is 9.59 Å². The molecule has 0 fully saturated rings. The van der Waals surface area contributed by atoms with Crippen LogP contribution in [0.15, 0.2) is 77.5 Å². The Morgan fingerprint density at radius 1 is 1.00 bits per heavy atom. The van der Waals surface area contributed by atoms with Crippen molar-refractivity contribution < 1.29 is 14.3 Å². The first kappa shape index (κ1) is 16.7. The van der Waals surface area contributed by atoms with E-state index in [1.165, 1.54) is 11.6 Å². The number of carbonyl (C=O) groups excluding carboxylic acids is 2. The summed E-state index contributed by atoms with van der Waals surface area (Å²) < 4.78 is 6.53. The van der Waals surface area contributed by atoms with Gasteiger partial charge in [-0.05, 0) is 18.2 Å². The van der Waals surface area contributed by atoms with Crippen molar-refractivity contribution in [1.29, 1.82) is 0 Å². The van der Waals surface area contributed by atoms with Crippen LogP contribution >= 0.6 is 0 Å². The van der Waals surface area contributed by atoms with Crippen molar-refractivity contribution in [2.75, 3.05) is 0 Å². The molecule has 1 aromatic heterocycles. The first-order valence-corrected chi connectivity index (χ1v) is 8.36. The molecule has 1 aliphatic heterocycles. The monoisotopic (exact) mass is 357 g/mol. The van der Waals surface area contributed by atoms with Crippen molar-refractivity contribution in [2.24, 2.45) is 4.99 Å². The number of hydrogen-bond donors (Lipinski definition) is 0. The van der Waals surface area contributed by atoms with E-state index in [0.717, 1.165) is 11.1 Å². The summed E-state index contributed by atoms with van der Waals surface area (Å²) in [7, 11) is 0. The Bertz CT molecular complexity index is 1080. The van der Waals surface area contributed by atoms with Gasteiger partial charge in [0.05, 0.1) is 0 Å². The van der Waals surface area contributed by atoms with Crippen LogP contribution in [0.1, 0.15) is 22.8 Å². The van der Waals surface area contributed by atoms with Crippen molar-refractivity contribution in [1.82, 2.24) is 9.78 Å². The van der Waals surface area contributed by atoms with Crippen LogP contribution in [-0.2, 0) is 9.53 Å². The summed E-state index contributed by atoms with van der Waals surface area (Å²) >= 11 is 0. The Morgan fingerprint density at radius 3 is 2.26 bits per heavy atom. The molecule has 4 rings (SSSR count). The van der Waals surface area contributed by atoms with Crippen LogP contribution in [0, 0.1) is 0 Å². The third-order valence-electron chi connectivity index (χ3n) is 4.05. The van der Waals surface area contributed by atoms with Crippen molar-refractivity contribution in [3.05, 3.63) is 83.7 Å². The third kappa shape index (κ3) is 3.32. The fourth-order valence-corrected chi connectivity index (χ4v) is 2.74. The minimum Gasteiger partial charge on any atom is -0.402 e. The number of aromatic nitrogens is 2. The van der Waals surface area contributed by atoms with E-state index in [4.69, 9.17) is 4.74 Å². The Balaban J connectivity index is 1.78. The van der Waals surface area contributed by atoms with E-state index >= 15 is 0 Å². The van der Waals surface area contributed by atoms with E-state index in [-0.39, 0.29) is 17.5 Å². The number of ether oxygens (including phenoxy) is 1. The van der Waals surface area contributed by atoms with Crippen LogP contribution in [-0.4, -0.2) is 27.6 Å². The molecule has 0 radical (unpaired) electrons.